The van der Waals surface area contributed by atoms with E-state index in [1.807, 2.05) is 13.8 Å². The predicted octanol–water partition coefficient (Wildman–Crippen LogP) is 1.94. The summed E-state index contributed by atoms with van der Waals surface area (Å²) in [6.07, 6.45) is 0. The van der Waals surface area contributed by atoms with Gasteiger partial charge in [-0.05, 0) is 20.8 Å². The maximum atomic E-state index is 12.1. The quantitative estimate of drug-likeness (QED) is 0.611. The molecule has 0 aromatic heterocycles. The maximum absolute atomic E-state index is 12.1. The fourth-order valence-electron chi connectivity index (χ4n) is 2.00. The molecule has 0 heterocycles. The third-order valence-electron chi connectivity index (χ3n) is 3.23. The number of benzene rings is 1. The number of rotatable bonds is 7. The Kier molecular flexibility index (Phi) is 6.11. The fourth-order valence-corrected chi connectivity index (χ4v) is 2.00. The van der Waals surface area contributed by atoms with Crippen LogP contribution >= 0.6 is 0 Å². The van der Waals surface area contributed by atoms with Crippen molar-refractivity contribution in [3.05, 3.63) is 39.9 Å². The number of nitro groups is 1. The number of hydrogen-bond donors (Lipinski definition) is 1. The van der Waals surface area contributed by atoms with Crippen LogP contribution in [0.1, 0.15) is 26.3 Å². The monoisotopic (exact) mass is 279 g/mol. The first kappa shape index (κ1) is 16.1. The number of carbonyl (C=O) groups excluding carboxylic acids is 1. The maximum Gasteiger partial charge on any atom is 0.273 e. The minimum atomic E-state index is -0.409. The Labute approximate surface area is 118 Å². The van der Waals surface area contributed by atoms with Crippen LogP contribution in [-0.4, -0.2) is 34.9 Å². The van der Waals surface area contributed by atoms with Crippen LogP contribution in [-0.2, 0) is 11.3 Å². The summed E-state index contributed by atoms with van der Waals surface area (Å²) in [5.74, 6) is 0.00795. The molecule has 0 fully saturated rings. The van der Waals surface area contributed by atoms with Crippen molar-refractivity contribution in [3.63, 3.8) is 0 Å². The Morgan fingerprint density at radius 3 is 2.50 bits per heavy atom. The van der Waals surface area contributed by atoms with E-state index >= 15 is 0 Å². The average molecular weight is 279 g/mol. The smallest absolute Gasteiger partial charge is 0.273 e. The highest BCUT2D eigenvalue weighted by Gasteiger charge is 2.19. The van der Waals surface area contributed by atoms with Gasteiger partial charge in [0.15, 0.2) is 0 Å². The molecule has 20 heavy (non-hydrogen) atoms. The third-order valence-corrected chi connectivity index (χ3v) is 3.23. The molecule has 1 aromatic carbocycles. The summed E-state index contributed by atoms with van der Waals surface area (Å²) in [4.78, 5) is 24.3. The summed E-state index contributed by atoms with van der Waals surface area (Å²) in [6.45, 7) is 7.24. The SMILES string of the molecule is CCN(CC)C(=O)C(C)NCc1ccccc1[N+](=O)[O-]. The van der Waals surface area contributed by atoms with E-state index in [1.54, 1.807) is 30.0 Å². The fraction of sp³-hybridized carbons (Fsp3) is 0.500. The molecule has 0 saturated carbocycles. The molecule has 110 valence electrons. The molecule has 1 N–H and O–H groups in total. The average Bonchev–Trinajstić information content (AvgIpc) is 2.46. The van der Waals surface area contributed by atoms with Gasteiger partial charge in [0.2, 0.25) is 5.91 Å². The predicted molar refractivity (Wildman–Crippen MR) is 77.3 cm³/mol. The van der Waals surface area contributed by atoms with Crippen LogP contribution in [0.4, 0.5) is 5.69 Å². The second-order valence-corrected chi connectivity index (χ2v) is 4.50. The van der Waals surface area contributed by atoms with Crippen LogP contribution < -0.4 is 5.32 Å². The van der Waals surface area contributed by atoms with E-state index in [1.165, 1.54) is 6.07 Å². The molecule has 1 aromatic rings. The van der Waals surface area contributed by atoms with E-state index in [-0.39, 0.29) is 17.6 Å². The first-order chi connectivity index (χ1) is 9.51. The standard InChI is InChI=1S/C14H21N3O3/c1-4-16(5-2)14(18)11(3)15-10-12-8-6-7-9-13(12)17(19)20/h6-9,11,15H,4-5,10H2,1-3H3. The van der Waals surface area contributed by atoms with Gasteiger partial charge in [0.05, 0.1) is 11.0 Å². The van der Waals surface area contributed by atoms with Gasteiger partial charge < -0.3 is 10.2 Å². The number of nitrogens with one attached hydrogen (secondary N) is 1. The number of nitrogens with zero attached hydrogens (tertiary/aromatic N) is 2. The summed E-state index contributed by atoms with van der Waals surface area (Å²) >= 11 is 0. The number of likely N-dealkylation sites (N-methyl/N-ethyl adjacent to an activating group) is 1. The van der Waals surface area contributed by atoms with E-state index in [0.29, 0.717) is 25.2 Å². The number of para-hydroxylation sites is 1. The van der Waals surface area contributed by atoms with Gasteiger partial charge in [-0.15, -0.1) is 0 Å². The van der Waals surface area contributed by atoms with Crippen molar-refractivity contribution in [1.82, 2.24) is 10.2 Å². The van der Waals surface area contributed by atoms with Gasteiger partial charge >= 0.3 is 0 Å². The Morgan fingerprint density at radius 2 is 1.95 bits per heavy atom. The highest BCUT2D eigenvalue weighted by molar-refractivity contribution is 5.81. The summed E-state index contributed by atoms with van der Waals surface area (Å²) in [5, 5.41) is 14.0. The van der Waals surface area contributed by atoms with E-state index in [2.05, 4.69) is 5.32 Å². The molecule has 1 unspecified atom stereocenters. The molecule has 0 spiro atoms. The zero-order valence-electron chi connectivity index (χ0n) is 12.1. The molecule has 1 amide bonds. The molecule has 0 aliphatic rings. The van der Waals surface area contributed by atoms with Gasteiger partial charge in [-0.3, -0.25) is 14.9 Å². The molecule has 0 aliphatic carbocycles. The second-order valence-electron chi connectivity index (χ2n) is 4.50. The minimum Gasteiger partial charge on any atom is -0.342 e. The molecule has 0 bridgehead atoms. The van der Waals surface area contributed by atoms with Crippen LogP contribution in [0.3, 0.4) is 0 Å². The highest BCUT2D eigenvalue weighted by Crippen LogP contribution is 2.17. The van der Waals surface area contributed by atoms with Crippen LogP contribution in [0, 0.1) is 10.1 Å². The summed E-state index contributed by atoms with van der Waals surface area (Å²) < 4.78 is 0. The summed E-state index contributed by atoms with van der Waals surface area (Å²) in [7, 11) is 0. The van der Waals surface area contributed by atoms with Crippen LogP contribution in [0.15, 0.2) is 24.3 Å². The molecule has 1 atom stereocenters. The van der Waals surface area contributed by atoms with Crippen molar-refractivity contribution in [1.29, 1.82) is 0 Å². The van der Waals surface area contributed by atoms with Gasteiger partial charge in [-0.25, -0.2) is 0 Å². The molecule has 6 heteroatoms. The van der Waals surface area contributed by atoms with E-state index in [4.69, 9.17) is 0 Å². The van der Waals surface area contributed by atoms with Crippen molar-refractivity contribution >= 4 is 11.6 Å². The van der Waals surface area contributed by atoms with Crippen molar-refractivity contribution in [2.75, 3.05) is 13.1 Å². The third kappa shape index (κ3) is 4.03. The Balaban J connectivity index is 2.68. The van der Waals surface area contributed by atoms with Gasteiger partial charge in [-0.2, -0.15) is 0 Å². The lowest BCUT2D eigenvalue weighted by atomic mass is 10.1. The summed E-state index contributed by atoms with van der Waals surface area (Å²) in [6, 6.07) is 6.18. The molecule has 0 radical (unpaired) electrons. The van der Waals surface area contributed by atoms with Gasteiger partial charge in [0, 0.05) is 31.3 Å². The van der Waals surface area contributed by atoms with Crippen LogP contribution in [0.2, 0.25) is 0 Å². The Morgan fingerprint density at radius 1 is 1.35 bits per heavy atom. The lowest BCUT2D eigenvalue weighted by Crippen LogP contribution is -2.44. The molecular weight excluding hydrogens is 258 g/mol. The first-order valence-corrected chi connectivity index (χ1v) is 6.75. The van der Waals surface area contributed by atoms with Gasteiger partial charge in [-0.1, -0.05) is 18.2 Å². The Bertz CT molecular complexity index is 472. The zero-order chi connectivity index (χ0) is 15.1. The molecule has 0 aliphatic heterocycles. The van der Waals surface area contributed by atoms with Crippen molar-refractivity contribution in [2.45, 2.75) is 33.4 Å². The van der Waals surface area contributed by atoms with Crippen molar-refractivity contribution in [3.8, 4) is 0 Å². The molecular formula is C14H21N3O3. The number of carbonyl (C=O) groups is 1. The molecule has 6 nitrogen and oxygen atoms in total. The van der Waals surface area contributed by atoms with E-state index < -0.39 is 4.92 Å². The first-order valence-electron chi connectivity index (χ1n) is 6.75. The van der Waals surface area contributed by atoms with E-state index in [0.717, 1.165) is 0 Å². The lowest BCUT2D eigenvalue weighted by Gasteiger charge is -2.23. The normalized spacial score (nSPS) is 11.9. The summed E-state index contributed by atoms with van der Waals surface area (Å²) in [5.41, 5.74) is 0.652. The molecule has 1 rings (SSSR count). The van der Waals surface area contributed by atoms with Crippen molar-refractivity contribution in [2.24, 2.45) is 0 Å². The highest BCUT2D eigenvalue weighted by atomic mass is 16.6. The van der Waals surface area contributed by atoms with E-state index in [9.17, 15) is 14.9 Å². The van der Waals surface area contributed by atoms with Crippen molar-refractivity contribution < 1.29 is 9.72 Å². The van der Waals surface area contributed by atoms with Crippen LogP contribution in [0.25, 0.3) is 0 Å². The lowest BCUT2D eigenvalue weighted by molar-refractivity contribution is -0.385. The Hall–Kier alpha value is -1.95. The zero-order valence-corrected chi connectivity index (χ0v) is 12.1. The van der Waals surface area contributed by atoms with Gasteiger partial charge in [0.25, 0.3) is 5.69 Å². The number of nitro benzene ring substituents is 1. The molecule has 0 saturated heterocycles. The largest absolute Gasteiger partial charge is 0.342 e. The second kappa shape index (κ2) is 7.59. The number of hydrogen-bond acceptors (Lipinski definition) is 4. The minimum absolute atomic E-state index is 0.00795. The topological polar surface area (TPSA) is 75.5 Å². The van der Waals surface area contributed by atoms with Gasteiger partial charge in [0.1, 0.15) is 0 Å². The number of amides is 1. The van der Waals surface area contributed by atoms with Crippen LogP contribution in [0.5, 0.6) is 0 Å².